The van der Waals surface area contributed by atoms with E-state index in [-0.39, 0.29) is 12.0 Å². The maximum absolute atomic E-state index is 11.8. The van der Waals surface area contributed by atoms with Gasteiger partial charge in [0.25, 0.3) is 0 Å². The lowest BCUT2D eigenvalue weighted by Crippen LogP contribution is -2.51. The summed E-state index contributed by atoms with van der Waals surface area (Å²) in [7, 11) is 0. The number of aliphatic hydroxyl groups excluding tert-OH is 2. The van der Waals surface area contributed by atoms with Gasteiger partial charge in [-0.05, 0) is 74.5 Å². The molecule has 5 nitrogen and oxygen atoms in total. The predicted octanol–water partition coefficient (Wildman–Crippen LogP) is 3.44. The molecule has 0 radical (unpaired) electrons. The van der Waals surface area contributed by atoms with Gasteiger partial charge in [0.05, 0.1) is 12.2 Å². The van der Waals surface area contributed by atoms with Crippen LogP contribution in [0.4, 0.5) is 0 Å². The second kappa shape index (κ2) is 7.97. The van der Waals surface area contributed by atoms with Gasteiger partial charge in [-0.25, -0.2) is 0 Å². The number of carbonyl (C=O) groups is 1. The smallest absolute Gasteiger partial charge is 0.320 e. The van der Waals surface area contributed by atoms with Gasteiger partial charge in [-0.3, -0.25) is 9.69 Å². The molecule has 2 aliphatic carbocycles. The molecule has 2 saturated heterocycles. The topological polar surface area (TPSA) is 81.0 Å². The Morgan fingerprint density at radius 3 is 2.52 bits per heavy atom. The van der Waals surface area contributed by atoms with Crippen LogP contribution in [-0.4, -0.2) is 56.5 Å². The molecule has 5 heteroatoms. The van der Waals surface area contributed by atoms with Crippen molar-refractivity contribution < 1.29 is 20.1 Å². The Morgan fingerprint density at radius 1 is 1.10 bits per heavy atom. The van der Waals surface area contributed by atoms with E-state index in [1.807, 2.05) is 6.08 Å². The third kappa shape index (κ3) is 4.03. The highest BCUT2D eigenvalue weighted by molar-refractivity contribution is 5.73. The fourth-order valence-corrected chi connectivity index (χ4v) is 6.97. The molecule has 4 fully saturated rings. The van der Waals surface area contributed by atoms with Crippen LogP contribution in [0.15, 0.2) is 12.2 Å². The Balaban J connectivity index is 1.41. The van der Waals surface area contributed by atoms with E-state index in [4.69, 9.17) is 0 Å². The predicted molar refractivity (Wildman–Crippen MR) is 112 cm³/mol. The van der Waals surface area contributed by atoms with Crippen molar-refractivity contribution in [2.24, 2.45) is 29.1 Å². The molecule has 9 atom stereocenters. The average Bonchev–Trinajstić information content (AvgIpc) is 3.33. The van der Waals surface area contributed by atoms with E-state index in [0.29, 0.717) is 35.6 Å². The summed E-state index contributed by atoms with van der Waals surface area (Å²) >= 11 is 0. The Hall–Kier alpha value is -0.910. The van der Waals surface area contributed by atoms with Crippen molar-refractivity contribution in [1.29, 1.82) is 0 Å². The number of carboxylic acid groups (broad SMARTS) is 1. The van der Waals surface area contributed by atoms with Gasteiger partial charge in [-0.1, -0.05) is 32.9 Å². The molecular weight excluding hydrogens is 366 g/mol. The van der Waals surface area contributed by atoms with Crippen molar-refractivity contribution in [2.75, 3.05) is 0 Å². The van der Waals surface area contributed by atoms with Gasteiger partial charge in [0.1, 0.15) is 6.04 Å². The highest BCUT2D eigenvalue weighted by Crippen LogP contribution is 2.50. The molecule has 164 valence electrons. The van der Waals surface area contributed by atoms with Crippen molar-refractivity contribution >= 4 is 5.97 Å². The van der Waals surface area contributed by atoms with E-state index in [1.165, 1.54) is 6.42 Å². The molecule has 2 saturated carbocycles. The zero-order valence-electron chi connectivity index (χ0n) is 18.2. The zero-order valence-corrected chi connectivity index (χ0v) is 18.2. The molecule has 0 amide bonds. The van der Waals surface area contributed by atoms with Crippen molar-refractivity contribution in [1.82, 2.24) is 4.90 Å². The van der Waals surface area contributed by atoms with Crippen LogP contribution in [0.2, 0.25) is 0 Å². The zero-order chi connectivity index (χ0) is 20.9. The van der Waals surface area contributed by atoms with E-state index >= 15 is 0 Å². The number of rotatable bonds is 4. The van der Waals surface area contributed by atoms with Crippen molar-refractivity contribution in [3.8, 4) is 0 Å². The SMILES string of the molecule is CC(C)(C)C1CCC([C@@H](O)/C=C/[C@@H]2[C@H]3CC4CCCC(C(=O)O)N4[C@@H]3C[C@H]2O)C1. The third-order valence-electron chi connectivity index (χ3n) is 8.64. The molecule has 2 aliphatic heterocycles. The van der Waals surface area contributed by atoms with Crippen LogP contribution in [0.3, 0.4) is 0 Å². The lowest BCUT2D eigenvalue weighted by Gasteiger charge is -2.38. The van der Waals surface area contributed by atoms with Crippen LogP contribution in [0.25, 0.3) is 0 Å². The Bertz CT molecular complexity index is 641. The fourth-order valence-electron chi connectivity index (χ4n) is 6.97. The number of aliphatic carboxylic acids is 1. The molecule has 4 rings (SSSR count). The first-order chi connectivity index (χ1) is 13.7. The lowest BCUT2D eigenvalue weighted by atomic mass is 9.79. The maximum atomic E-state index is 11.8. The van der Waals surface area contributed by atoms with E-state index in [9.17, 15) is 20.1 Å². The van der Waals surface area contributed by atoms with Gasteiger partial charge >= 0.3 is 5.97 Å². The average molecular weight is 406 g/mol. The largest absolute Gasteiger partial charge is 0.480 e. The summed E-state index contributed by atoms with van der Waals surface area (Å²) in [5, 5.41) is 31.2. The summed E-state index contributed by atoms with van der Waals surface area (Å²) in [5.41, 5.74) is 0.294. The summed E-state index contributed by atoms with van der Waals surface area (Å²) in [6.07, 6.45) is 10.9. The van der Waals surface area contributed by atoms with Crippen LogP contribution >= 0.6 is 0 Å². The van der Waals surface area contributed by atoms with Crippen LogP contribution in [0.5, 0.6) is 0 Å². The minimum Gasteiger partial charge on any atom is -0.480 e. The standard InChI is InChI=1S/C24H39NO4/c1-24(2,3)15-8-7-14(11-15)21(26)10-9-17-18-12-16-5-4-6-19(23(28)29)25(16)20(18)13-22(17)27/h9-10,14-22,26-27H,4-8,11-13H2,1-3H3,(H,28,29)/b10-9+/t14?,15?,16?,17-,18-,19?,20-,21+,22-/m1/s1. The molecule has 0 aromatic heterocycles. The number of carboxylic acids is 1. The molecule has 3 N–H and O–H groups in total. The molecular formula is C24H39NO4. The van der Waals surface area contributed by atoms with Crippen LogP contribution in [-0.2, 0) is 4.79 Å². The summed E-state index contributed by atoms with van der Waals surface area (Å²) < 4.78 is 0. The first-order valence-corrected chi connectivity index (χ1v) is 11.7. The summed E-state index contributed by atoms with van der Waals surface area (Å²) in [5.74, 6) is 0.611. The van der Waals surface area contributed by atoms with Gasteiger partial charge in [-0.15, -0.1) is 0 Å². The number of hydrogen-bond donors (Lipinski definition) is 3. The van der Waals surface area contributed by atoms with Gasteiger partial charge < -0.3 is 15.3 Å². The minimum absolute atomic E-state index is 0.0366. The summed E-state index contributed by atoms with van der Waals surface area (Å²) in [6, 6.07) is 0.118. The van der Waals surface area contributed by atoms with Gasteiger partial charge in [0, 0.05) is 18.0 Å². The Kier molecular flexibility index (Phi) is 5.86. The van der Waals surface area contributed by atoms with E-state index in [0.717, 1.165) is 38.5 Å². The van der Waals surface area contributed by atoms with Crippen molar-refractivity contribution in [2.45, 2.75) is 102 Å². The number of hydrogen-bond acceptors (Lipinski definition) is 4. The monoisotopic (exact) mass is 405 g/mol. The molecule has 4 aliphatic rings. The summed E-state index contributed by atoms with van der Waals surface area (Å²) in [4.78, 5) is 14.0. The quantitative estimate of drug-likeness (QED) is 0.624. The van der Waals surface area contributed by atoms with Gasteiger partial charge in [0.15, 0.2) is 0 Å². The Labute approximate surface area is 175 Å². The second-order valence-corrected chi connectivity index (χ2v) is 11.2. The number of piperidine rings is 1. The molecule has 29 heavy (non-hydrogen) atoms. The van der Waals surface area contributed by atoms with Crippen LogP contribution < -0.4 is 0 Å². The van der Waals surface area contributed by atoms with Crippen LogP contribution in [0.1, 0.15) is 72.1 Å². The fraction of sp³-hybridized carbons (Fsp3) is 0.875. The van der Waals surface area contributed by atoms with Gasteiger partial charge in [-0.2, -0.15) is 0 Å². The first-order valence-electron chi connectivity index (χ1n) is 11.7. The van der Waals surface area contributed by atoms with E-state index in [1.54, 1.807) is 0 Å². The normalized spacial score (nSPS) is 44.2. The van der Waals surface area contributed by atoms with E-state index in [2.05, 4.69) is 31.7 Å². The third-order valence-corrected chi connectivity index (χ3v) is 8.64. The molecule has 0 spiro atoms. The van der Waals surface area contributed by atoms with Crippen molar-refractivity contribution in [3.05, 3.63) is 12.2 Å². The highest BCUT2D eigenvalue weighted by atomic mass is 16.4. The molecule has 2 heterocycles. The van der Waals surface area contributed by atoms with E-state index < -0.39 is 24.2 Å². The first kappa shape index (κ1) is 21.3. The Morgan fingerprint density at radius 2 is 1.86 bits per heavy atom. The number of aliphatic hydroxyl groups is 2. The molecule has 4 unspecified atom stereocenters. The van der Waals surface area contributed by atoms with Gasteiger partial charge in [0.2, 0.25) is 0 Å². The number of fused-ring (bicyclic) bond motifs is 3. The maximum Gasteiger partial charge on any atom is 0.320 e. The molecule has 0 bridgehead atoms. The number of nitrogens with zero attached hydrogens (tertiary/aromatic N) is 1. The highest BCUT2D eigenvalue weighted by Gasteiger charge is 2.55. The lowest BCUT2D eigenvalue weighted by molar-refractivity contribution is -0.146. The summed E-state index contributed by atoms with van der Waals surface area (Å²) in [6.45, 7) is 6.86. The molecule has 0 aromatic rings. The molecule has 0 aromatic carbocycles. The minimum atomic E-state index is -0.714. The van der Waals surface area contributed by atoms with Crippen molar-refractivity contribution in [3.63, 3.8) is 0 Å². The van der Waals surface area contributed by atoms with Crippen LogP contribution in [0, 0.1) is 29.1 Å². The second-order valence-electron chi connectivity index (χ2n) is 11.2.